The van der Waals surface area contributed by atoms with Crippen molar-refractivity contribution in [1.29, 1.82) is 0 Å². The highest BCUT2D eigenvalue weighted by Crippen LogP contribution is 2.30. The van der Waals surface area contributed by atoms with Crippen molar-refractivity contribution >= 4 is 27.3 Å². The zero-order valence-corrected chi connectivity index (χ0v) is 12.6. The SMILES string of the molecule is c1ccc2oc(-c3nnc4sc(-c5ccncc5)nn34)cc2c1. The van der Waals surface area contributed by atoms with Crippen molar-refractivity contribution in [2.24, 2.45) is 0 Å². The molecular weight excluding hydrogens is 310 g/mol. The van der Waals surface area contributed by atoms with Gasteiger partial charge in [-0.1, -0.05) is 29.5 Å². The molecule has 0 N–H and O–H groups in total. The monoisotopic (exact) mass is 319 g/mol. The third-order valence-electron chi connectivity index (χ3n) is 3.56. The molecule has 0 unspecified atom stereocenters. The lowest BCUT2D eigenvalue weighted by atomic mass is 10.2. The molecule has 0 aliphatic heterocycles. The van der Waals surface area contributed by atoms with Crippen LogP contribution in [-0.2, 0) is 0 Å². The fourth-order valence-electron chi connectivity index (χ4n) is 2.47. The Bertz CT molecular complexity index is 1090. The van der Waals surface area contributed by atoms with E-state index in [0.717, 1.165) is 26.5 Å². The topological polar surface area (TPSA) is 69.1 Å². The fraction of sp³-hybridized carbons (Fsp3) is 0. The summed E-state index contributed by atoms with van der Waals surface area (Å²) in [5, 5.41) is 14.9. The average Bonchev–Trinajstić information content (AvgIpc) is 3.28. The molecule has 0 fully saturated rings. The number of para-hydroxylation sites is 1. The molecule has 4 heterocycles. The fourth-order valence-corrected chi connectivity index (χ4v) is 3.32. The van der Waals surface area contributed by atoms with Crippen molar-refractivity contribution in [2.75, 3.05) is 0 Å². The molecule has 0 bridgehead atoms. The first-order valence-corrected chi connectivity index (χ1v) is 7.82. The van der Waals surface area contributed by atoms with Gasteiger partial charge in [-0.05, 0) is 24.3 Å². The number of aromatic nitrogens is 5. The molecule has 0 aliphatic carbocycles. The summed E-state index contributed by atoms with van der Waals surface area (Å²) in [6.45, 7) is 0. The Morgan fingerprint density at radius 1 is 1.00 bits per heavy atom. The summed E-state index contributed by atoms with van der Waals surface area (Å²) >= 11 is 1.48. The van der Waals surface area contributed by atoms with Gasteiger partial charge in [-0.25, -0.2) is 0 Å². The maximum atomic E-state index is 5.87. The molecule has 4 aromatic heterocycles. The Morgan fingerprint density at radius 3 is 2.74 bits per heavy atom. The molecule has 6 nitrogen and oxygen atoms in total. The largest absolute Gasteiger partial charge is 0.453 e. The Hall–Kier alpha value is -3.06. The van der Waals surface area contributed by atoms with E-state index in [1.54, 1.807) is 16.9 Å². The zero-order chi connectivity index (χ0) is 15.2. The van der Waals surface area contributed by atoms with Gasteiger partial charge in [-0.15, -0.1) is 10.2 Å². The Labute approximate surface area is 134 Å². The van der Waals surface area contributed by atoms with Crippen LogP contribution in [0.3, 0.4) is 0 Å². The molecule has 5 rings (SSSR count). The van der Waals surface area contributed by atoms with E-state index in [9.17, 15) is 0 Å². The lowest BCUT2D eigenvalue weighted by Crippen LogP contribution is -1.89. The molecule has 1 aromatic carbocycles. The minimum Gasteiger partial charge on any atom is -0.453 e. The first kappa shape index (κ1) is 12.5. The third kappa shape index (κ3) is 1.94. The normalized spacial score (nSPS) is 11.5. The maximum absolute atomic E-state index is 5.87. The predicted octanol–water partition coefficient (Wildman–Crippen LogP) is 3.66. The second-order valence-electron chi connectivity index (χ2n) is 5.01. The van der Waals surface area contributed by atoms with Gasteiger partial charge in [-0.2, -0.15) is 9.61 Å². The van der Waals surface area contributed by atoms with E-state index in [4.69, 9.17) is 4.42 Å². The van der Waals surface area contributed by atoms with Gasteiger partial charge in [0.2, 0.25) is 10.8 Å². The standard InChI is InChI=1S/C16H9N5OS/c1-2-4-12-11(3-1)9-13(22-12)14-18-19-16-21(14)20-15(23-16)10-5-7-17-8-6-10/h1-9H. The van der Waals surface area contributed by atoms with Crippen LogP contribution < -0.4 is 0 Å². The van der Waals surface area contributed by atoms with E-state index >= 15 is 0 Å². The van der Waals surface area contributed by atoms with Crippen LogP contribution in [0.5, 0.6) is 0 Å². The van der Waals surface area contributed by atoms with Crippen LogP contribution >= 0.6 is 11.3 Å². The van der Waals surface area contributed by atoms with E-state index in [1.165, 1.54) is 11.3 Å². The maximum Gasteiger partial charge on any atom is 0.235 e. The molecule has 7 heteroatoms. The van der Waals surface area contributed by atoms with Gasteiger partial charge in [0.05, 0.1) is 0 Å². The van der Waals surface area contributed by atoms with E-state index in [2.05, 4.69) is 20.3 Å². The third-order valence-corrected chi connectivity index (χ3v) is 4.51. The molecular formula is C16H9N5OS. The van der Waals surface area contributed by atoms with Crippen LogP contribution in [-0.4, -0.2) is 24.8 Å². The van der Waals surface area contributed by atoms with Gasteiger partial charge >= 0.3 is 0 Å². The number of furan rings is 1. The summed E-state index contributed by atoms with van der Waals surface area (Å²) in [5.41, 5.74) is 1.83. The van der Waals surface area contributed by atoms with Crippen molar-refractivity contribution in [3.63, 3.8) is 0 Å². The minimum absolute atomic E-state index is 0.604. The van der Waals surface area contributed by atoms with Gasteiger partial charge in [0.15, 0.2) is 5.76 Å². The number of fused-ring (bicyclic) bond motifs is 2. The van der Waals surface area contributed by atoms with Crippen LogP contribution in [0.15, 0.2) is 59.3 Å². The van der Waals surface area contributed by atoms with E-state index in [1.807, 2.05) is 42.5 Å². The zero-order valence-electron chi connectivity index (χ0n) is 11.7. The average molecular weight is 319 g/mol. The predicted molar refractivity (Wildman–Crippen MR) is 87.1 cm³/mol. The quantitative estimate of drug-likeness (QED) is 0.496. The molecule has 110 valence electrons. The summed E-state index contributed by atoms with van der Waals surface area (Å²) in [5.74, 6) is 1.26. The Balaban J connectivity index is 1.68. The Kier molecular flexibility index (Phi) is 2.56. The molecule has 0 atom stereocenters. The highest BCUT2D eigenvalue weighted by atomic mass is 32.1. The Morgan fingerprint density at radius 2 is 1.87 bits per heavy atom. The van der Waals surface area contributed by atoms with Crippen LogP contribution in [0.1, 0.15) is 0 Å². The lowest BCUT2D eigenvalue weighted by Gasteiger charge is -1.93. The van der Waals surface area contributed by atoms with Crippen LogP contribution in [0, 0.1) is 0 Å². The number of pyridine rings is 1. The molecule has 23 heavy (non-hydrogen) atoms. The van der Waals surface area contributed by atoms with Crippen molar-refractivity contribution in [3.05, 3.63) is 54.9 Å². The van der Waals surface area contributed by atoms with Gasteiger partial charge in [0, 0.05) is 23.3 Å². The van der Waals surface area contributed by atoms with E-state index in [0.29, 0.717) is 11.6 Å². The van der Waals surface area contributed by atoms with Crippen molar-refractivity contribution in [3.8, 4) is 22.2 Å². The molecule has 0 spiro atoms. The summed E-state index contributed by atoms with van der Waals surface area (Å²) in [6, 6.07) is 13.7. The highest BCUT2D eigenvalue weighted by molar-refractivity contribution is 7.19. The number of hydrogen-bond acceptors (Lipinski definition) is 6. The second kappa shape index (κ2) is 4.72. The second-order valence-corrected chi connectivity index (χ2v) is 5.97. The minimum atomic E-state index is 0.604. The summed E-state index contributed by atoms with van der Waals surface area (Å²) in [6.07, 6.45) is 3.50. The molecule has 0 radical (unpaired) electrons. The van der Waals surface area contributed by atoms with E-state index < -0.39 is 0 Å². The lowest BCUT2D eigenvalue weighted by molar-refractivity contribution is 0.622. The summed E-state index contributed by atoms with van der Waals surface area (Å²) in [4.78, 5) is 4.76. The van der Waals surface area contributed by atoms with Crippen LogP contribution in [0.2, 0.25) is 0 Å². The molecule has 0 aliphatic rings. The van der Waals surface area contributed by atoms with Crippen LogP contribution in [0.25, 0.3) is 38.1 Å². The van der Waals surface area contributed by atoms with Crippen molar-refractivity contribution in [1.82, 2.24) is 24.8 Å². The summed E-state index contributed by atoms with van der Waals surface area (Å²) < 4.78 is 7.59. The first-order valence-electron chi connectivity index (χ1n) is 7.00. The van der Waals surface area contributed by atoms with E-state index in [-0.39, 0.29) is 0 Å². The number of rotatable bonds is 2. The number of nitrogens with zero attached hydrogens (tertiary/aromatic N) is 5. The molecule has 0 saturated heterocycles. The first-order chi connectivity index (χ1) is 11.4. The van der Waals surface area contributed by atoms with Gasteiger partial charge in [0.25, 0.3) is 0 Å². The number of hydrogen-bond donors (Lipinski definition) is 0. The summed E-state index contributed by atoms with van der Waals surface area (Å²) in [7, 11) is 0. The van der Waals surface area contributed by atoms with Gasteiger partial charge in [-0.3, -0.25) is 4.98 Å². The smallest absolute Gasteiger partial charge is 0.235 e. The van der Waals surface area contributed by atoms with Crippen LogP contribution in [0.4, 0.5) is 0 Å². The highest BCUT2D eigenvalue weighted by Gasteiger charge is 2.17. The van der Waals surface area contributed by atoms with Crippen molar-refractivity contribution < 1.29 is 4.42 Å². The molecule has 5 aromatic rings. The number of benzene rings is 1. The molecule has 0 amide bonds. The van der Waals surface area contributed by atoms with Crippen molar-refractivity contribution in [2.45, 2.75) is 0 Å². The van der Waals surface area contributed by atoms with Gasteiger partial charge < -0.3 is 4.42 Å². The van der Waals surface area contributed by atoms with Gasteiger partial charge in [0.1, 0.15) is 10.6 Å². The molecule has 0 saturated carbocycles.